The van der Waals surface area contributed by atoms with E-state index < -0.39 is 0 Å². The van der Waals surface area contributed by atoms with E-state index in [4.69, 9.17) is 9.68 Å². The Morgan fingerprint density at radius 1 is 1.47 bits per heavy atom. The van der Waals surface area contributed by atoms with Gasteiger partial charge in [-0.2, -0.15) is 5.26 Å². The minimum atomic E-state index is -0.103. The first-order chi connectivity index (χ1) is 9.29. The number of rotatable bonds is 3. The third kappa shape index (κ3) is 2.20. The number of benzene rings is 1. The van der Waals surface area contributed by atoms with Crippen molar-refractivity contribution in [2.24, 2.45) is 0 Å². The molecule has 1 aromatic carbocycles. The number of carbonyl (C=O) groups is 1. The molecule has 1 aliphatic rings. The van der Waals surface area contributed by atoms with Gasteiger partial charge in [-0.3, -0.25) is 4.79 Å². The molecular weight excluding hydrogens is 260 g/mol. The molecule has 0 bridgehead atoms. The third-order valence-electron chi connectivity index (χ3n) is 3.12. The van der Waals surface area contributed by atoms with Crippen LogP contribution >= 0.6 is 11.8 Å². The smallest absolute Gasteiger partial charge is 0.233 e. The first kappa shape index (κ1) is 12.1. The van der Waals surface area contributed by atoms with Crippen molar-refractivity contribution in [2.75, 3.05) is 12.3 Å². The Morgan fingerprint density at radius 3 is 3.11 bits per heavy atom. The van der Waals surface area contributed by atoms with Crippen LogP contribution in [0.1, 0.15) is 17.6 Å². The Morgan fingerprint density at radius 2 is 2.32 bits per heavy atom. The lowest BCUT2D eigenvalue weighted by Crippen LogP contribution is -2.28. The van der Waals surface area contributed by atoms with Gasteiger partial charge in [0, 0.05) is 11.9 Å². The van der Waals surface area contributed by atoms with Crippen molar-refractivity contribution in [1.29, 1.82) is 5.26 Å². The van der Waals surface area contributed by atoms with Crippen molar-refractivity contribution in [3.8, 4) is 6.07 Å². The second-order valence-corrected chi connectivity index (χ2v) is 5.41. The molecule has 1 amide bonds. The number of thioether (sulfide) groups is 1. The lowest BCUT2D eigenvalue weighted by atomic mass is 10.2. The fourth-order valence-electron chi connectivity index (χ4n) is 2.23. The number of hydrogen-bond donors (Lipinski definition) is 0. The lowest BCUT2D eigenvalue weighted by molar-refractivity contribution is -0.128. The molecule has 3 rings (SSSR count). The second kappa shape index (κ2) is 4.98. The summed E-state index contributed by atoms with van der Waals surface area (Å²) in [6.07, 6.45) is 0.350. The molecule has 1 aromatic heterocycles. The lowest BCUT2D eigenvalue weighted by Gasteiger charge is -2.20. The van der Waals surface area contributed by atoms with E-state index in [0.29, 0.717) is 18.7 Å². The van der Waals surface area contributed by atoms with Crippen molar-refractivity contribution in [3.05, 3.63) is 36.1 Å². The van der Waals surface area contributed by atoms with Crippen molar-refractivity contribution in [1.82, 2.24) is 4.90 Å². The zero-order valence-electron chi connectivity index (χ0n) is 10.2. The highest BCUT2D eigenvalue weighted by molar-refractivity contribution is 8.00. The summed E-state index contributed by atoms with van der Waals surface area (Å²) in [5.74, 6) is 1.31. The average molecular weight is 272 g/mol. The molecule has 19 heavy (non-hydrogen) atoms. The van der Waals surface area contributed by atoms with Crippen LogP contribution in [-0.2, 0) is 4.79 Å². The van der Waals surface area contributed by atoms with E-state index in [1.54, 1.807) is 16.7 Å². The number of fused-ring (bicyclic) bond motifs is 1. The number of nitrogens with zero attached hydrogens (tertiary/aromatic N) is 2. The number of hydrogen-bond acceptors (Lipinski definition) is 4. The molecule has 0 spiro atoms. The van der Waals surface area contributed by atoms with Crippen LogP contribution in [0.5, 0.6) is 0 Å². The van der Waals surface area contributed by atoms with E-state index in [9.17, 15) is 4.79 Å². The van der Waals surface area contributed by atoms with Gasteiger partial charge in [-0.1, -0.05) is 18.2 Å². The van der Waals surface area contributed by atoms with Crippen LogP contribution in [0, 0.1) is 11.3 Å². The van der Waals surface area contributed by atoms with Crippen LogP contribution in [0.25, 0.3) is 11.0 Å². The molecule has 0 N–H and O–H groups in total. The molecule has 4 nitrogen and oxygen atoms in total. The highest BCUT2D eigenvalue weighted by Crippen LogP contribution is 2.40. The van der Waals surface area contributed by atoms with Gasteiger partial charge in [0.05, 0.1) is 18.2 Å². The van der Waals surface area contributed by atoms with Crippen molar-refractivity contribution in [2.45, 2.75) is 11.8 Å². The molecule has 96 valence electrons. The monoisotopic (exact) mass is 272 g/mol. The first-order valence-electron chi connectivity index (χ1n) is 6.06. The SMILES string of the molecule is N#CCCN1C(=O)CSC1c1cc2ccccc2o1. The highest BCUT2D eigenvalue weighted by Gasteiger charge is 2.34. The fourth-order valence-corrected chi connectivity index (χ4v) is 3.38. The van der Waals surface area contributed by atoms with Gasteiger partial charge >= 0.3 is 0 Å². The predicted octanol–water partition coefficient (Wildman–Crippen LogP) is 2.92. The van der Waals surface area contributed by atoms with E-state index in [1.165, 1.54) is 0 Å². The Labute approximate surface area is 115 Å². The minimum Gasteiger partial charge on any atom is -0.458 e. The zero-order chi connectivity index (χ0) is 13.2. The van der Waals surface area contributed by atoms with Gasteiger partial charge in [0.15, 0.2) is 0 Å². The van der Waals surface area contributed by atoms with Gasteiger partial charge < -0.3 is 9.32 Å². The van der Waals surface area contributed by atoms with Crippen molar-refractivity contribution < 1.29 is 9.21 Å². The van der Waals surface area contributed by atoms with Gasteiger partial charge in [-0.05, 0) is 12.1 Å². The number of para-hydroxylation sites is 1. The Bertz CT molecular complexity index is 626. The molecule has 0 aliphatic carbocycles. The number of carbonyl (C=O) groups excluding carboxylic acids is 1. The standard InChI is InChI=1S/C14H12N2O2S/c15-6-3-7-16-13(17)9-19-14(16)12-8-10-4-1-2-5-11(10)18-12/h1-2,4-5,8,14H,3,7,9H2. The molecule has 2 aromatic rings. The molecule has 2 heterocycles. The van der Waals surface area contributed by atoms with Crippen LogP contribution in [0.2, 0.25) is 0 Å². The topological polar surface area (TPSA) is 57.2 Å². The predicted molar refractivity (Wildman–Crippen MR) is 73.4 cm³/mol. The summed E-state index contributed by atoms with van der Waals surface area (Å²) < 4.78 is 5.81. The molecule has 5 heteroatoms. The maximum absolute atomic E-state index is 11.8. The average Bonchev–Trinajstić information content (AvgIpc) is 2.99. The summed E-state index contributed by atoms with van der Waals surface area (Å²) in [5, 5.41) is 9.60. The van der Waals surface area contributed by atoms with E-state index >= 15 is 0 Å². The van der Waals surface area contributed by atoms with Crippen LogP contribution in [0.3, 0.4) is 0 Å². The van der Waals surface area contributed by atoms with Gasteiger partial charge in [-0.15, -0.1) is 11.8 Å². The number of amides is 1. The summed E-state index contributed by atoms with van der Waals surface area (Å²) in [6, 6.07) is 11.9. The summed E-state index contributed by atoms with van der Waals surface area (Å²) in [6.45, 7) is 0.462. The van der Waals surface area contributed by atoms with Gasteiger partial charge in [0.25, 0.3) is 0 Å². The number of furan rings is 1. The Hall–Kier alpha value is -1.93. The van der Waals surface area contributed by atoms with Crippen molar-refractivity contribution in [3.63, 3.8) is 0 Å². The van der Waals surface area contributed by atoms with E-state index in [1.807, 2.05) is 30.3 Å². The molecular formula is C14H12N2O2S. The Balaban J connectivity index is 1.91. The molecule has 0 radical (unpaired) electrons. The third-order valence-corrected chi connectivity index (χ3v) is 4.34. The maximum Gasteiger partial charge on any atom is 0.233 e. The quantitative estimate of drug-likeness (QED) is 0.862. The first-order valence-corrected chi connectivity index (χ1v) is 7.11. The fraction of sp³-hybridized carbons (Fsp3) is 0.286. The van der Waals surface area contributed by atoms with E-state index in [-0.39, 0.29) is 11.3 Å². The van der Waals surface area contributed by atoms with E-state index in [2.05, 4.69) is 6.07 Å². The molecule has 1 unspecified atom stereocenters. The van der Waals surface area contributed by atoms with Gasteiger partial charge in [0.1, 0.15) is 16.7 Å². The molecule has 1 atom stereocenters. The molecule has 0 saturated carbocycles. The van der Waals surface area contributed by atoms with Crippen LogP contribution in [-0.4, -0.2) is 23.1 Å². The largest absolute Gasteiger partial charge is 0.458 e. The summed E-state index contributed by atoms with van der Waals surface area (Å²) in [7, 11) is 0. The minimum absolute atomic E-state index is 0.0747. The highest BCUT2D eigenvalue weighted by atomic mass is 32.2. The molecule has 1 fully saturated rings. The maximum atomic E-state index is 11.8. The number of nitriles is 1. The summed E-state index contributed by atoms with van der Waals surface area (Å²) in [5.41, 5.74) is 0.831. The molecule has 1 aliphatic heterocycles. The normalized spacial score (nSPS) is 19.0. The van der Waals surface area contributed by atoms with Crippen LogP contribution < -0.4 is 0 Å². The van der Waals surface area contributed by atoms with Gasteiger partial charge in [-0.25, -0.2) is 0 Å². The Kier molecular flexibility index (Phi) is 3.18. The summed E-state index contributed by atoms with van der Waals surface area (Å²) in [4.78, 5) is 13.6. The second-order valence-electron chi connectivity index (χ2n) is 4.35. The van der Waals surface area contributed by atoms with Crippen LogP contribution in [0.4, 0.5) is 0 Å². The van der Waals surface area contributed by atoms with Crippen molar-refractivity contribution >= 4 is 28.6 Å². The van der Waals surface area contributed by atoms with Crippen LogP contribution in [0.15, 0.2) is 34.7 Å². The zero-order valence-corrected chi connectivity index (χ0v) is 11.0. The molecule has 1 saturated heterocycles. The van der Waals surface area contributed by atoms with E-state index in [0.717, 1.165) is 16.7 Å². The summed E-state index contributed by atoms with van der Waals surface area (Å²) >= 11 is 1.55. The van der Waals surface area contributed by atoms with Gasteiger partial charge in [0.2, 0.25) is 5.91 Å².